The summed E-state index contributed by atoms with van der Waals surface area (Å²) in [7, 11) is 0. The molecule has 1 aromatic heterocycles. The molecule has 20 heavy (non-hydrogen) atoms. The molecule has 0 amide bonds. The highest BCUT2D eigenvalue weighted by molar-refractivity contribution is 5.71. The molecule has 1 aliphatic rings. The van der Waals surface area contributed by atoms with Crippen LogP contribution in [0, 0.1) is 6.92 Å². The molecule has 0 unspecified atom stereocenters. The van der Waals surface area contributed by atoms with Crippen molar-refractivity contribution in [1.82, 2.24) is 9.97 Å². The molecule has 0 atom stereocenters. The molecule has 1 N–H and O–H groups in total. The van der Waals surface area contributed by atoms with Crippen molar-refractivity contribution in [2.45, 2.75) is 26.7 Å². The molecule has 0 aliphatic carbocycles. The van der Waals surface area contributed by atoms with E-state index in [9.17, 15) is 0 Å². The molecule has 0 saturated carbocycles. The number of aromatic nitrogens is 2. The molecule has 0 radical (unpaired) electrons. The van der Waals surface area contributed by atoms with E-state index in [4.69, 9.17) is 4.74 Å². The van der Waals surface area contributed by atoms with E-state index in [1.807, 2.05) is 13.0 Å². The van der Waals surface area contributed by atoms with Crippen LogP contribution >= 0.6 is 0 Å². The summed E-state index contributed by atoms with van der Waals surface area (Å²) in [5, 5.41) is 3.25. The van der Waals surface area contributed by atoms with E-state index in [0.29, 0.717) is 5.95 Å². The van der Waals surface area contributed by atoms with Gasteiger partial charge >= 0.3 is 0 Å². The predicted molar refractivity (Wildman–Crippen MR) is 80.2 cm³/mol. The first-order chi connectivity index (χ1) is 9.78. The number of fused-ring (bicyclic) bond motifs is 1. The number of aryl methyl sites for hydroxylation is 1. The number of rotatable bonds is 4. The van der Waals surface area contributed by atoms with Crippen LogP contribution in [0.25, 0.3) is 11.3 Å². The lowest BCUT2D eigenvalue weighted by molar-refractivity contribution is 0.358. The molecule has 0 spiro atoms. The molecule has 4 nitrogen and oxygen atoms in total. The SMILES string of the molecule is CCCNc1nc(C)cc(-c2cccc3c2OCC3)n1. The molecule has 0 fully saturated rings. The number of para-hydroxylation sites is 1. The van der Waals surface area contributed by atoms with Gasteiger partial charge in [0.15, 0.2) is 0 Å². The lowest BCUT2D eigenvalue weighted by atomic mass is 10.1. The minimum Gasteiger partial charge on any atom is -0.492 e. The molecule has 2 aromatic rings. The Morgan fingerprint density at radius 3 is 3.05 bits per heavy atom. The lowest BCUT2D eigenvalue weighted by Gasteiger charge is -2.10. The molecular formula is C16H19N3O. The third kappa shape index (κ3) is 2.46. The molecule has 0 saturated heterocycles. The summed E-state index contributed by atoms with van der Waals surface area (Å²) in [5.74, 6) is 1.67. The van der Waals surface area contributed by atoms with Crippen LogP contribution in [0.3, 0.4) is 0 Å². The number of hydrogen-bond acceptors (Lipinski definition) is 4. The van der Waals surface area contributed by atoms with Crippen molar-refractivity contribution in [3.8, 4) is 17.0 Å². The van der Waals surface area contributed by atoms with Gasteiger partial charge in [-0.3, -0.25) is 0 Å². The highest BCUT2D eigenvalue weighted by Gasteiger charge is 2.18. The standard InChI is InChI=1S/C16H19N3O/c1-3-8-17-16-18-11(2)10-14(19-16)13-6-4-5-12-7-9-20-15(12)13/h4-6,10H,3,7-9H2,1-2H3,(H,17,18,19). The molecule has 1 aromatic carbocycles. The van der Waals surface area contributed by atoms with Crippen molar-refractivity contribution >= 4 is 5.95 Å². The quantitative estimate of drug-likeness (QED) is 0.926. The first-order valence-electron chi connectivity index (χ1n) is 7.12. The highest BCUT2D eigenvalue weighted by Crippen LogP contribution is 2.36. The zero-order valence-electron chi connectivity index (χ0n) is 11.9. The predicted octanol–water partition coefficient (Wildman–Crippen LogP) is 3.21. The number of anilines is 1. The van der Waals surface area contributed by atoms with Gasteiger partial charge in [-0.25, -0.2) is 9.97 Å². The van der Waals surface area contributed by atoms with Gasteiger partial charge in [0.05, 0.1) is 12.3 Å². The van der Waals surface area contributed by atoms with E-state index in [1.165, 1.54) is 5.56 Å². The van der Waals surface area contributed by atoms with Gasteiger partial charge in [-0.1, -0.05) is 19.1 Å². The molecule has 104 valence electrons. The van der Waals surface area contributed by atoms with E-state index in [2.05, 4.69) is 40.4 Å². The molecule has 0 bridgehead atoms. The number of benzene rings is 1. The summed E-state index contributed by atoms with van der Waals surface area (Å²) in [4.78, 5) is 9.04. The number of nitrogens with one attached hydrogen (secondary N) is 1. The summed E-state index contributed by atoms with van der Waals surface area (Å²) in [5.41, 5.74) is 4.21. The van der Waals surface area contributed by atoms with Crippen LogP contribution in [0.2, 0.25) is 0 Å². The third-order valence-corrected chi connectivity index (χ3v) is 3.38. The maximum Gasteiger partial charge on any atom is 0.223 e. The van der Waals surface area contributed by atoms with Crippen molar-refractivity contribution in [2.75, 3.05) is 18.5 Å². The van der Waals surface area contributed by atoms with Gasteiger partial charge in [0, 0.05) is 24.2 Å². The monoisotopic (exact) mass is 269 g/mol. The van der Waals surface area contributed by atoms with Crippen LogP contribution in [0.5, 0.6) is 5.75 Å². The van der Waals surface area contributed by atoms with Crippen molar-refractivity contribution < 1.29 is 4.74 Å². The van der Waals surface area contributed by atoms with E-state index in [1.54, 1.807) is 0 Å². The fraction of sp³-hybridized carbons (Fsp3) is 0.375. The van der Waals surface area contributed by atoms with Crippen LogP contribution in [-0.2, 0) is 6.42 Å². The molecule has 1 aliphatic heterocycles. The van der Waals surface area contributed by atoms with Gasteiger partial charge in [-0.15, -0.1) is 0 Å². The molecule has 4 heteroatoms. The van der Waals surface area contributed by atoms with E-state index < -0.39 is 0 Å². The maximum atomic E-state index is 5.76. The van der Waals surface area contributed by atoms with Crippen molar-refractivity contribution in [1.29, 1.82) is 0 Å². The molecule has 2 heterocycles. The second kappa shape index (κ2) is 5.49. The number of ether oxygens (including phenoxy) is 1. The third-order valence-electron chi connectivity index (χ3n) is 3.38. The average Bonchev–Trinajstić information content (AvgIpc) is 2.92. The van der Waals surface area contributed by atoms with Crippen LogP contribution in [0.4, 0.5) is 5.95 Å². The summed E-state index contributed by atoms with van der Waals surface area (Å²) >= 11 is 0. The Labute approximate surface area is 119 Å². The summed E-state index contributed by atoms with van der Waals surface area (Å²) in [6.07, 6.45) is 2.03. The minimum atomic E-state index is 0.692. The second-order valence-electron chi connectivity index (χ2n) is 5.04. The smallest absolute Gasteiger partial charge is 0.223 e. The fourth-order valence-corrected chi connectivity index (χ4v) is 2.44. The largest absolute Gasteiger partial charge is 0.492 e. The number of nitrogens with zero attached hydrogens (tertiary/aromatic N) is 2. The Morgan fingerprint density at radius 1 is 1.30 bits per heavy atom. The fourth-order valence-electron chi connectivity index (χ4n) is 2.44. The second-order valence-corrected chi connectivity index (χ2v) is 5.04. The Bertz CT molecular complexity index is 625. The van der Waals surface area contributed by atoms with Crippen LogP contribution in [0.1, 0.15) is 24.6 Å². The van der Waals surface area contributed by atoms with Gasteiger partial charge in [0.2, 0.25) is 5.95 Å². The number of hydrogen-bond donors (Lipinski definition) is 1. The topological polar surface area (TPSA) is 47.0 Å². The Morgan fingerprint density at radius 2 is 2.20 bits per heavy atom. The van der Waals surface area contributed by atoms with E-state index in [-0.39, 0.29) is 0 Å². The zero-order valence-corrected chi connectivity index (χ0v) is 11.9. The Balaban J connectivity index is 2.02. The Kier molecular flexibility index (Phi) is 3.54. The summed E-state index contributed by atoms with van der Waals surface area (Å²) in [6.45, 7) is 5.76. The van der Waals surface area contributed by atoms with E-state index in [0.717, 1.165) is 48.7 Å². The lowest BCUT2D eigenvalue weighted by Crippen LogP contribution is -2.06. The zero-order chi connectivity index (χ0) is 13.9. The van der Waals surface area contributed by atoms with Crippen LogP contribution < -0.4 is 10.1 Å². The van der Waals surface area contributed by atoms with Crippen LogP contribution in [0.15, 0.2) is 24.3 Å². The maximum absolute atomic E-state index is 5.76. The first kappa shape index (κ1) is 12.9. The van der Waals surface area contributed by atoms with Crippen LogP contribution in [-0.4, -0.2) is 23.1 Å². The van der Waals surface area contributed by atoms with Gasteiger partial charge in [-0.2, -0.15) is 0 Å². The normalized spacial score (nSPS) is 12.9. The first-order valence-corrected chi connectivity index (χ1v) is 7.12. The molecular weight excluding hydrogens is 250 g/mol. The van der Waals surface area contributed by atoms with Gasteiger partial charge in [0.25, 0.3) is 0 Å². The summed E-state index contributed by atoms with van der Waals surface area (Å²) in [6, 6.07) is 8.26. The summed E-state index contributed by atoms with van der Waals surface area (Å²) < 4.78 is 5.76. The van der Waals surface area contributed by atoms with E-state index >= 15 is 0 Å². The minimum absolute atomic E-state index is 0.692. The Hall–Kier alpha value is -2.10. The van der Waals surface area contributed by atoms with Crippen molar-refractivity contribution in [3.63, 3.8) is 0 Å². The van der Waals surface area contributed by atoms with Gasteiger partial charge in [0.1, 0.15) is 5.75 Å². The van der Waals surface area contributed by atoms with Crippen molar-refractivity contribution in [3.05, 3.63) is 35.5 Å². The highest BCUT2D eigenvalue weighted by atomic mass is 16.5. The molecule has 3 rings (SSSR count). The van der Waals surface area contributed by atoms with Gasteiger partial charge < -0.3 is 10.1 Å². The van der Waals surface area contributed by atoms with Gasteiger partial charge in [-0.05, 0) is 31.0 Å². The van der Waals surface area contributed by atoms with Crippen molar-refractivity contribution in [2.24, 2.45) is 0 Å². The average molecular weight is 269 g/mol.